The standard InChI is InChI=1S/C15H18N4O2.C10H13BrN2O2/c1-15(2,3)21-14(20)19-13-9-11(5-7-18-13)10-4-6-17-12(16)8-10;1-10(2,3)15-9(14)13-8-6-7(11)4-5-12-8/h4-9H,1-3H3,(H2,16,17)(H,18,19,20);4-6H,1-3H3,(H,12,13,14). The first-order chi connectivity index (χ1) is 16.7. The van der Waals surface area contributed by atoms with E-state index in [4.69, 9.17) is 15.2 Å². The van der Waals surface area contributed by atoms with Crippen LogP contribution in [0.3, 0.4) is 0 Å². The fraction of sp³-hybridized carbons (Fsp3) is 0.320. The van der Waals surface area contributed by atoms with Gasteiger partial charge in [-0.3, -0.25) is 10.6 Å². The maximum atomic E-state index is 11.7. The highest BCUT2D eigenvalue weighted by atomic mass is 79.9. The zero-order valence-corrected chi connectivity index (χ0v) is 22.7. The van der Waals surface area contributed by atoms with Crippen molar-refractivity contribution in [2.75, 3.05) is 16.4 Å². The first-order valence-electron chi connectivity index (χ1n) is 11.0. The molecule has 192 valence electrons. The molecule has 0 unspecified atom stereocenters. The van der Waals surface area contributed by atoms with Crippen LogP contribution < -0.4 is 16.4 Å². The van der Waals surface area contributed by atoms with Crippen molar-refractivity contribution in [3.05, 3.63) is 59.5 Å². The average molecular weight is 559 g/mol. The molecule has 0 fully saturated rings. The monoisotopic (exact) mass is 558 g/mol. The molecule has 0 bridgehead atoms. The summed E-state index contributed by atoms with van der Waals surface area (Å²) in [6.07, 6.45) is 3.79. The molecule has 4 N–H and O–H groups in total. The fourth-order valence-electron chi connectivity index (χ4n) is 2.60. The van der Waals surface area contributed by atoms with E-state index in [1.807, 2.05) is 12.1 Å². The van der Waals surface area contributed by atoms with Crippen LogP contribution in [0.15, 0.2) is 59.5 Å². The van der Waals surface area contributed by atoms with E-state index >= 15 is 0 Å². The van der Waals surface area contributed by atoms with Gasteiger partial charge in [0.15, 0.2) is 0 Å². The smallest absolute Gasteiger partial charge is 0.413 e. The van der Waals surface area contributed by atoms with Crippen molar-refractivity contribution in [1.29, 1.82) is 0 Å². The number of halogens is 1. The van der Waals surface area contributed by atoms with Gasteiger partial charge in [-0.05, 0) is 89.1 Å². The fourth-order valence-corrected chi connectivity index (χ4v) is 2.93. The molecule has 3 rings (SSSR count). The van der Waals surface area contributed by atoms with Gasteiger partial charge in [0.2, 0.25) is 0 Å². The summed E-state index contributed by atoms with van der Waals surface area (Å²) in [7, 11) is 0. The van der Waals surface area contributed by atoms with Gasteiger partial charge in [-0.2, -0.15) is 0 Å². The number of nitrogen functional groups attached to an aromatic ring is 1. The van der Waals surface area contributed by atoms with E-state index in [-0.39, 0.29) is 0 Å². The first-order valence-corrected chi connectivity index (χ1v) is 11.8. The summed E-state index contributed by atoms with van der Waals surface area (Å²) in [6, 6.07) is 10.6. The van der Waals surface area contributed by atoms with E-state index in [1.165, 1.54) is 0 Å². The minimum atomic E-state index is -0.554. The number of amides is 2. The van der Waals surface area contributed by atoms with Gasteiger partial charge in [0, 0.05) is 23.1 Å². The molecule has 0 saturated heterocycles. The first kappa shape index (κ1) is 28.5. The second kappa shape index (κ2) is 12.3. The molecule has 0 saturated carbocycles. The third kappa shape index (κ3) is 11.1. The third-order valence-electron chi connectivity index (χ3n) is 3.85. The molecule has 3 aromatic heterocycles. The highest BCUT2D eigenvalue weighted by Gasteiger charge is 2.17. The maximum absolute atomic E-state index is 11.7. The SMILES string of the molecule is CC(C)(C)OC(=O)Nc1cc(-c2ccnc(N)c2)ccn1.CC(C)(C)OC(=O)Nc1cc(Br)ccn1. The van der Waals surface area contributed by atoms with Gasteiger partial charge in [0.05, 0.1) is 0 Å². The Kier molecular flexibility index (Phi) is 9.74. The van der Waals surface area contributed by atoms with Crippen LogP contribution in [0.4, 0.5) is 27.0 Å². The summed E-state index contributed by atoms with van der Waals surface area (Å²) in [6.45, 7) is 10.8. The predicted octanol–water partition coefficient (Wildman–Crippen LogP) is 6.26. The van der Waals surface area contributed by atoms with Gasteiger partial charge < -0.3 is 15.2 Å². The molecule has 2 amide bonds. The quantitative estimate of drug-likeness (QED) is 0.341. The maximum Gasteiger partial charge on any atom is 0.413 e. The Morgan fingerprint density at radius 2 is 1.19 bits per heavy atom. The minimum Gasteiger partial charge on any atom is -0.444 e. The largest absolute Gasteiger partial charge is 0.444 e. The van der Waals surface area contributed by atoms with Crippen LogP contribution in [0.5, 0.6) is 0 Å². The normalized spacial score (nSPS) is 11.0. The number of hydrogen-bond donors (Lipinski definition) is 3. The second-order valence-corrected chi connectivity index (χ2v) is 10.4. The van der Waals surface area contributed by atoms with Gasteiger partial charge >= 0.3 is 12.2 Å². The van der Waals surface area contributed by atoms with E-state index in [1.54, 1.807) is 84.4 Å². The lowest BCUT2D eigenvalue weighted by Gasteiger charge is -2.19. The Balaban J connectivity index is 0.000000269. The molecule has 0 aromatic carbocycles. The molecule has 10 nitrogen and oxygen atoms in total. The zero-order chi connectivity index (χ0) is 26.9. The van der Waals surface area contributed by atoms with E-state index in [2.05, 4.69) is 41.5 Å². The summed E-state index contributed by atoms with van der Waals surface area (Å²) >= 11 is 3.28. The topological polar surface area (TPSA) is 141 Å². The van der Waals surface area contributed by atoms with Crippen LogP contribution in [0, 0.1) is 0 Å². The minimum absolute atomic E-state index is 0.414. The number of ether oxygens (including phenoxy) is 2. The number of carbonyl (C=O) groups excluding carboxylic acids is 2. The number of nitrogens with two attached hydrogens (primary N) is 1. The number of hydrogen-bond acceptors (Lipinski definition) is 8. The number of rotatable bonds is 3. The number of carbonyl (C=O) groups is 2. The molecule has 36 heavy (non-hydrogen) atoms. The Morgan fingerprint density at radius 3 is 1.67 bits per heavy atom. The Labute approximate surface area is 219 Å². The summed E-state index contributed by atoms with van der Waals surface area (Å²) in [5.41, 5.74) is 6.39. The van der Waals surface area contributed by atoms with Crippen molar-refractivity contribution in [1.82, 2.24) is 15.0 Å². The summed E-state index contributed by atoms with van der Waals surface area (Å²) in [4.78, 5) is 35.1. The Bertz CT molecular complexity index is 1190. The van der Waals surface area contributed by atoms with Gasteiger partial charge in [0.25, 0.3) is 0 Å². The molecule has 11 heteroatoms. The zero-order valence-electron chi connectivity index (χ0n) is 21.1. The predicted molar refractivity (Wildman–Crippen MR) is 144 cm³/mol. The van der Waals surface area contributed by atoms with E-state index in [0.29, 0.717) is 17.5 Å². The molecule has 0 aliphatic rings. The van der Waals surface area contributed by atoms with Crippen molar-refractivity contribution in [3.8, 4) is 11.1 Å². The number of nitrogens with one attached hydrogen (secondary N) is 2. The lowest BCUT2D eigenvalue weighted by atomic mass is 10.1. The van der Waals surface area contributed by atoms with Crippen LogP contribution in [-0.2, 0) is 9.47 Å². The Morgan fingerprint density at radius 1 is 0.750 bits per heavy atom. The van der Waals surface area contributed by atoms with Gasteiger partial charge in [-0.25, -0.2) is 24.5 Å². The average Bonchev–Trinajstić information content (AvgIpc) is 2.71. The molecule has 0 aliphatic carbocycles. The highest BCUT2D eigenvalue weighted by molar-refractivity contribution is 9.10. The number of anilines is 3. The molecule has 3 heterocycles. The second-order valence-electron chi connectivity index (χ2n) is 9.51. The van der Waals surface area contributed by atoms with Crippen LogP contribution in [0.2, 0.25) is 0 Å². The molecular formula is C25H31BrN6O4. The van der Waals surface area contributed by atoms with Gasteiger partial charge in [-0.1, -0.05) is 15.9 Å². The molecule has 3 aromatic rings. The van der Waals surface area contributed by atoms with Crippen LogP contribution in [-0.4, -0.2) is 38.3 Å². The van der Waals surface area contributed by atoms with Gasteiger partial charge in [0.1, 0.15) is 28.7 Å². The van der Waals surface area contributed by atoms with Crippen LogP contribution >= 0.6 is 15.9 Å². The van der Waals surface area contributed by atoms with Crippen molar-refractivity contribution in [3.63, 3.8) is 0 Å². The van der Waals surface area contributed by atoms with E-state index in [9.17, 15) is 9.59 Å². The van der Waals surface area contributed by atoms with Crippen molar-refractivity contribution in [2.45, 2.75) is 52.7 Å². The van der Waals surface area contributed by atoms with Crippen molar-refractivity contribution in [2.24, 2.45) is 0 Å². The lowest BCUT2D eigenvalue weighted by Crippen LogP contribution is -2.27. The van der Waals surface area contributed by atoms with Crippen LogP contribution in [0.25, 0.3) is 11.1 Å². The number of pyridine rings is 3. The number of nitrogens with zero attached hydrogens (tertiary/aromatic N) is 3. The van der Waals surface area contributed by atoms with E-state index in [0.717, 1.165) is 15.6 Å². The van der Waals surface area contributed by atoms with Crippen molar-refractivity contribution >= 4 is 45.6 Å². The number of aromatic nitrogens is 3. The van der Waals surface area contributed by atoms with E-state index < -0.39 is 23.4 Å². The van der Waals surface area contributed by atoms with Gasteiger partial charge in [-0.15, -0.1) is 0 Å². The third-order valence-corrected chi connectivity index (χ3v) is 4.35. The molecule has 0 radical (unpaired) electrons. The van der Waals surface area contributed by atoms with Crippen molar-refractivity contribution < 1.29 is 19.1 Å². The summed E-state index contributed by atoms with van der Waals surface area (Å²) in [5, 5.41) is 5.14. The highest BCUT2D eigenvalue weighted by Crippen LogP contribution is 2.22. The summed E-state index contributed by atoms with van der Waals surface area (Å²) in [5.74, 6) is 1.31. The molecule has 0 spiro atoms. The Hall–Kier alpha value is -3.73. The lowest BCUT2D eigenvalue weighted by molar-refractivity contribution is 0.0624. The summed E-state index contributed by atoms with van der Waals surface area (Å²) < 4.78 is 11.1. The molecule has 0 atom stereocenters. The molecule has 0 aliphatic heterocycles. The molecular weight excluding hydrogens is 528 g/mol. The van der Waals surface area contributed by atoms with Crippen LogP contribution in [0.1, 0.15) is 41.5 Å².